The van der Waals surface area contributed by atoms with Crippen LogP contribution in [-0.4, -0.2) is 48.8 Å². The summed E-state index contributed by atoms with van der Waals surface area (Å²) in [7, 11) is 1.79. The number of halogens is 3. The molecule has 0 aliphatic carbocycles. The molecule has 0 saturated heterocycles. The van der Waals surface area contributed by atoms with Crippen LogP contribution in [0.4, 0.5) is 13.2 Å². The van der Waals surface area contributed by atoms with E-state index in [2.05, 4.69) is 4.74 Å². The maximum atomic E-state index is 12.1. The molecule has 0 spiro atoms. The van der Waals surface area contributed by atoms with Crippen LogP contribution in [0.15, 0.2) is 24.3 Å². The van der Waals surface area contributed by atoms with Crippen molar-refractivity contribution in [3.63, 3.8) is 0 Å². The second-order valence-corrected chi connectivity index (χ2v) is 4.93. The standard InChI is InChI=1S/C15H21F3N2O2/c1-4-20(5-2)14(21)11-19(3)10-12-6-8-13(9-7-12)22-15(16,17)18/h6-9H,4-5,10-11H2,1-3H3. The summed E-state index contributed by atoms with van der Waals surface area (Å²) in [5.41, 5.74) is 0.810. The average Bonchev–Trinajstić information content (AvgIpc) is 2.40. The fourth-order valence-corrected chi connectivity index (χ4v) is 2.07. The average molecular weight is 318 g/mol. The molecule has 0 aromatic heterocycles. The Hall–Kier alpha value is -1.76. The molecule has 0 saturated carbocycles. The van der Waals surface area contributed by atoms with E-state index < -0.39 is 6.36 Å². The maximum Gasteiger partial charge on any atom is 0.573 e. The molecule has 124 valence electrons. The lowest BCUT2D eigenvalue weighted by Gasteiger charge is -2.23. The zero-order valence-electron chi connectivity index (χ0n) is 13.0. The molecule has 0 radical (unpaired) electrons. The van der Waals surface area contributed by atoms with Gasteiger partial charge >= 0.3 is 6.36 Å². The summed E-state index contributed by atoms with van der Waals surface area (Å²) in [6, 6.07) is 5.64. The minimum Gasteiger partial charge on any atom is -0.406 e. The number of benzene rings is 1. The van der Waals surface area contributed by atoms with Gasteiger partial charge in [0.05, 0.1) is 6.54 Å². The van der Waals surface area contributed by atoms with Crippen LogP contribution < -0.4 is 4.74 Å². The van der Waals surface area contributed by atoms with Crippen molar-refractivity contribution >= 4 is 5.91 Å². The van der Waals surface area contributed by atoms with Gasteiger partial charge in [0.2, 0.25) is 5.91 Å². The van der Waals surface area contributed by atoms with Gasteiger partial charge in [-0.3, -0.25) is 9.69 Å². The number of carbonyl (C=O) groups excluding carboxylic acids is 1. The van der Waals surface area contributed by atoms with E-state index in [9.17, 15) is 18.0 Å². The van der Waals surface area contributed by atoms with Gasteiger partial charge in [0.25, 0.3) is 0 Å². The predicted octanol–water partition coefficient (Wildman–Crippen LogP) is 2.89. The zero-order chi connectivity index (χ0) is 16.8. The van der Waals surface area contributed by atoms with Crippen molar-refractivity contribution in [2.45, 2.75) is 26.8 Å². The topological polar surface area (TPSA) is 32.8 Å². The molecule has 1 aromatic rings. The van der Waals surface area contributed by atoms with Crippen molar-refractivity contribution < 1.29 is 22.7 Å². The van der Waals surface area contributed by atoms with Crippen LogP contribution >= 0.6 is 0 Å². The number of amides is 1. The van der Waals surface area contributed by atoms with E-state index in [1.54, 1.807) is 24.1 Å². The predicted molar refractivity (Wildman–Crippen MR) is 77.4 cm³/mol. The van der Waals surface area contributed by atoms with Crippen LogP contribution in [0.25, 0.3) is 0 Å². The lowest BCUT2D eigenvalue weighted by Crippen LogP contribution is -2.38. The van der Waals surface area contributed by atoms with Crippen LogP contribution in [-0.2, 0) is 11.3 Å². The lowest BCUT2D eigenvalue weighted by atomic mass is 10.2. The first-order valence-electron chi connectivity index (χ1n) is 7.06. The number of nitrogens with zero attached hydrogens (tertiary/aromatic N) is 2. The number of rotatable bonds is 7. The highest BCUT2D eigenvalue weighted by atomic mass is 19.4. The highest BCUT2D eigenvalue weighted by Crippen LogP contribution is 2.22. The quantitative estimate of drug-likeness (QED) is 0.775. The van der Waals surface area contributed by atoms with Crippen LogP contribution in [0.1, 0.15) is 19.4 Å². The first-order valence-corrected chi connectivity index (χ1v) is 7.06. The molecule has 0 fully saturated rings. The van der Waals surface area contributed by atoms with Gasteiger partial charge in [0.1, 0.15) is 5.75 Å². The van der Waals surface area contributed by atoms with E-state index in [4.69, 9.17) is 0 Å². The van der Waals surface area contributed by atoms with E-state index in [-0.39, 0.29) is 18.2 Å². The number of ether oxygens (including phenoxy) is 1. The van der Waals surface area contributed by atoms with E-state index in [0.29, 0.717) is 19.6 Å². The Labute approximate surface area is 128 Å². The molecule has 0 bridgehead atoms. The molecule has 0 atom stereocenters. The van der Waals surface area contributed by atoms with Gasteiger partial charge in [-0.2, -0.15) is 0 Å². The third-order valence-electron chi connectivity index (χ3n) is 3.13. The summed E-state index contributed by atoms with van der Waals surface area (Å²) < 4.78 is 40.0. The molecule has 0 heterocycles. The molecule has 0 N–H and O–H groups in total. The summed E-state index contributed by atoms with van der Waals surface area (Å²) in [4.78, 5) is 15.5. The van der Waals surface area contributed by atoms with Crippen molar-refractivity contribution in [2.75, 3.05) is 26.7 Å². The number of hydrogen-bond donors (Lipinski definition) is 0. The summed E-state index contributed by atoms with van der Waals surface area (Å²) in [5, 5.41) is 0. The Morgan fingerprint density at radius 3 is 2.14 bits per heavy atom. The fourth-order valence-electron chi connectivity index (χ4n) is 2.07. The smallest absolute Gasteiger partial charge is 0.406 e. The molecule has 1 amide bonds. The van der Waals surface area contributed by atoms with Crippen LogP contribution in [0.2, 0.25) is 0 Å². The Morgan fingerprint density at radius 2 is 1.68 bits per heavy atom. The number of alkyl halides is 3. The number of carbonyl (C=O) groups is 1. The minimum absolute atomic E-state index is 0.0320. The summed E-state index contributed by atoms with van der Waals surface area (Å²) in [5.74, 6) is -0.220. The Bertz CT molecular complexity index is 471. The minimum atomic E-state index is -4.69. The van der Waals surface area contributed by atoms with Crippen LogP contribution in [0.3, 0.4) is 0 Å². The van der Waals surface area contributed by atoms with Crippen molar-refractivity contribution in [1.29, 1.82) is 0 Å². The molecule has 0 aliphatic heterocycles. The summed E-state index contributed by atoms with van der Waals surface area (Å²) in [6.45, 7) is 5.89. The van der Waals surface area contributed by atoms with Gasteiger partial charge in [0, 0.05) is 19.6 Å². The largest absolute Gasteiger partial charge is 0.573 e. The van der Waals surface area contributed by atoms with Gasteiger partial charge in [0.15, 0.2) is 0 Å². The molecular formula is C15H21F3N2O2. The van der Waals surface area contributed by atoms with Gasteiger partial charge in [-0.25, -0.2) is 0 Å². The summed E-state index contributed by atoms with van der Waals surface area (Å²) in [6.07, 6.45) is -4.69. The van der Waals surface area contributed by atoms with E-state index in [1.165, 1.54) is 12.1 Å². The van der Waals surface area contributed by atoms with Crippen molar-refractivity contribution in [3.8, 4) is 5.75 Å². The normalized spacial score (nSPS) is 11.6. The molecule has 7 heteroatoms. The number of hydrogen-bond acceptors (Lipinski definition) is 3. The SMILES string of the molecule is CCN(CC)C(=O)CN(C)Cc1ccc(OC(F)(F)F)cc1. The fraction of sp³-hybridized carbons (Fsp3) is 0.533. The van der Waals surface area contributed by atoms with Crippen molar-refractivity contribution in [3.05, 3.63) is 29.8 Å². The van der Waals surface area contributed by atoms with E-state index in [1.807, 2.05) is 18.7 Å². The highest BCUT2D eigenvalue weighted by molar-refractivity contribution is 5.78. The molecule has 22 heavy (non-hydrogen) atoms. The third kappa shape index (κ3) is 6.34. The highest BCUT2D eigenvalue weighted by Gasteiger charge is 2.30. The molecule has 1 aromatic carbocycles. The van der Waals surface area contributed by atoms with E-state index in [0.717, 1.165) is 5.56 Å². The second kappa shape index (κ2) is 8.03. The third-order valence-corrected chi connectivity index (χ3v) is 3.13. The molecular weight excluding hydrogens is 297 g/mol. The van der Waals surface area contributed by atoms with E-state index >= 15 is 0 Å². The number of likely N-dealkylation sites (N-methyl/N-ethyl adjacent to an activating group) is 2. The monoisotopic (exact) mass is 318 g/mol. The van der Waals surface area contributed by atoms with Gasteiger partial charge in [-0.05, 0) is 38.6 Å². The Morgan fingerprint density at radius 1 is 1.14 bits per heavy atom. The maximum absolute atomic E-state index is 12.1. The molecule has 1 rings (SSSR count). The van der Waals surface area contributed by atoms with Crippen molar-refractivity contribution in [2.24, 2.45) is 0 Å². The zero-order valence-corrected chi connectivity index (χ0v) is 13.0. The second-order valence-electron chi connectivity index (χ2n) is 4.93. The Balaban J connectivity index is 2.54. The van der Waals surface area contributed by atoms with Gasteiger partial charge in [-0.15, -0.1) is 13.2 Å². The van der Waals surface area contributed by atoms with Crippen LogP contribution in [0.5, 0.6) is 5.75 Å². The lowest BCUT2D eigenvalue weighted by molar-refractivity contribution is -0.274. The van der Waals surface area contributed by atoms with Crippen molar-refractivity contribution in [1.82, 2.24) is 9.80 Å². The van der Waals surface area contributed by atoms with Gasteiger partial charge < -0.3 is 9.64 Å². The first-order chi connectivity index (χ1) is 10.2. The van der Waals surface area contributed by atoms with Crippen LogP contribution in [0, 0.1) is 0 Å². The summed E-state index contributed by atoms with van der Waals surface area (Å²) >= 11 is 0. The first kappa shape index (κ1) is 18.3. The molecule has 0 aliphatic rings. The Kier molecular flexibility index (Phi) is 6.67. The van der Waals surface area contributed by atoms with Gasteiger partial charge in [-0.1, -0.05) is 12.1 Å². The molecule has 0 unspecified atom stereocenters. The molecule has 4 nitrogen and oxygen atoms in total.